The van der Waals surface area contributed by atoms with E-state index in [-0.39, 0.29) is 11.9 Å². The molecule has 1 aromatic heterocycles. The van der Waals surface area contributed by atoms with E-state index < -0.39 is 0 Å². The molecule has 1 aliphatic carbocycles. The van der Waals surface area contributed by atoms with Gasteiger partial charge < -0.3 is 10.4 Å². The average Bonchev–Trinajstić information content (AvgIpc) is 3.02. The number of aromatic nitrogens is 2. The molecule has 2 rings (SSSR count). The topological polar surface area (TPSA) is 58.0 Å². The van der Waals surface area contributed by atoms with E-state index in [9.17, 15) is 0 Å². The Kier molecular flexibility index (Phi) is 12.6. The molecule has 0 aromatic carbocycles. The minimum atomic E-state index is -0.175. The maximum Gasteiger partial charge on any atom is 0.224 e. The molecule has 2 N–H and O–H groups in total. The molecule has 0 aliphatic heterocycles. The maximum atomic E-state index is 8.70. The molecule has 0 spiro atoms. The lowest BCUT2D eigenvalue weighted by molar-refractivity contribution is 0.350. The lowest BCUT2D eigenvalue weighted by atomic mass is 10.2. The predicted octanol–water partition coefficient (Wildman–Crippen LogP) is 4.27. The van der Waals surface area contributed by atoms with Crippen LogP contribution in [0.1, 0.15) is 65.4 Å². The van der Waals surface area contributed by atoms with Crippen molar-refractivity contribution in [3.8, 4) is 11.8 Å². The molecule has 0 radical (unpaired) electrons. The van der Waals surface area contributed by atoms with Gasteiger partial charge in [0.15, 0.2) is 0 Å². The fourth-order valence-electron chi connectivity index (χ4n) is 1.96. The summed E-state index contributed by atoms with van der Waals surface area (Å²) in [6, 6.07) is 0.440. The molecule has 0 amide bonds. The van der Waals surface area contributed by atoms with Gasteiger partial charge in [-0.25, -0.2) is 4.98 Å². The first-order valence-electron chi connectivity index (χ1n) is 8.10. The summed E-state index contributed by atoms with van der Waals surface area (Å²) >= 11 is 5.78. The Balaban J connectivity index is 0.000000789. The lowest BCUT2D eigenvalue weighted by Gasteiger charge is -2.13. The Morgan fingerprint density at radius 1 is 1.32 bits per heavy atom. The molecule has 1 saturated carbocycles. The van der Waals surface area contributed by atoms with Crippen molar-refractivity contribution in [1.29, 1.82) is 0 Å². The number of nitrogens with zero attached hydrogens (tertiary/aromatic N) is 2. The Hall–Kier alpha value is -1.31. The zero-order chi connectivity index (χ0) is 16.8. The molecule has 0 bridgehead atoms. The third-order valence-electron chi connectivity index (χ3n) is 2.76. The van der Waals surface area contributed by atoms with Gasteiger partial charge in [-0.15, -0.1) is 0 Å². The minimum absolute atomic E-state index is 0.175. The summed E-state index contributed by atoms with van der Waals surface area (Å²) in [4.78, 5) is 8.05. The zero-order valence-corrected chi connectivity index (χ0v) is 14.9. The van der Waals surface area contributed by atoms with Crippen LogP contribution < -0.4 is 5.32 Å². The van der Waals surface area contributed by atoms with Crippen LogP contribution in [0.5, 0.6) is 0 Å². The van der Waals surface area contributed by atoms with Crippen molar-refractivity contribution in [2.24, 2.45) is 0 Å². The molecule has 5 heteroatoms. The second-order valence-corrected chi connectivity index (χ2v) is 5.03. The Morgan fingerprint density at radius 2 is 1.91 bits per heavy atom. The summed E-state index contributed by atoms with van der Waals surface area (Å²) in [7, 11) is 0. The molecule has 4 nitrogen and oxygen atoms in total. The Morgan fingerprint density at radius 3 is 2.45 bits per heavy atom. The minimum Gasteiger partial charge on any atom is -0.384 e. The summed E-state index contributed by atoms with van der Waals surface area (Å²) in [5, 5.41) is 12.2. The van der Waals surface area contributed by atoms with E-state index in [1.807, 2.05) is 13.8 Å². The van der Waals surface area contributed by atoms with Gasteiger partial charge in [-0.2, -0.15) is 4.98 Å². The van der Waals surface area contributed by atoms with Crippen LogP contribution in [0.4, 0.5) is 5.82 Å². The van der Waals surface area contributed by atoms with Crippen molar-refractivity contribution in [2.45, 2.75) is 65.8 Å². The first-order valence-corrected chi connectivity index (χ1v) is 8.47. The Bertz CT molecular complexity index is 463. The molecule has 0 saturated heterocycles. The maximum absolute atomic E-state index is 8.70. The molecule has 1 heterocycles. The van der Waals surface area contributed by atoms with E-state index in [0.717, 1.165) is 12.8 Å². The van der Waals surface area contributed by atoms with Gasteiger partial charge in [0, 0.05) is 12.2 Å². The van der Waals surface area contributed by atoms with Crippen LogP contribution in [0.3, 0.4) is 0 Å². The van der Waals surface area contributed by atoms with Crippen molar-refractivity contribution in [3.63, 3.8) is 0 Å². The normalized spacial score (nSPS) is 13.0. The molecule has 22 heavy (non-hydrogen) atoms. The summed E-state index contributed by atoms with van der Waals surface area (Å²) in [6.07, 6.45) is 7.61. The smallest absolute Gasteiger partial charge is 0.224 e. The molecule has 1 aliphatic rings. The van der Waals surface area contributed by atoms with Crippen molar-refractivity contribution < 1.29 is 5.11 Å². The number of rotatable bonds is 2. The number of anilines is 1. The van der Waals surface area contributed by atoms with E-state index in [1.165, 1.54) is 19.3 Å². The molecule has 0 unspecified atom stereocenters. The van der Waals surface area contributed by atoms with Gasteiger partial charge in [-0.1, -0.05) is 58.8 Å². The van der Waals surface area contributed by atoms with Crippen molar-refractivity contribution in [1.82, 2.24) is 9.97 Å². The van der Waals surface area contributed by atoms with Crippen molar-refractivity contribution in [2.75, 3.05) is 11.9 Å². The van der Waals surface area contributed by atoms with Gasteiger partial charge >= 0.3 is 0 Å². The van der Waals surface area contributed by atoms with Crippen LogP contribution in [-0.2, 0) is 0 Å². The van der Waals surface area contributed by atoms with Crippen LogP contribution in [0, 0.1) is 11.8 Å². The molecular formula is C17H28ClN3O. The fraction of sp³-hybridized carbons (Fsp3) is 0.647. The second-order valence-electron chi connectivity index (χ2n) is 4.69. The summed E-state index contributed by atoms with van der Waals surface area (Å²) in [5.41, 5.74) is 0.676. The van der Waals surface area contributed by atoms with Gasteiger partial charge in [0.2, 0.25) is 5.28 Å². The van der Waals surface area contributed by atoms with Crippen molar-refractivity contribution >= 4 is 17.4 Å². The number of halogens is 1. The van der Waals surface area contributed by atoms with Crippen molar-refractivity contribution in [3.05, 3.63) is 17.0 Å². The molecule has 1 aromatic rings. The second kappa shape index (κ2) is 13.4. The highest BCUT2D eigenvalue weighted by atomic mass is 35.5. The predicted molar refractivity (Wildman–Crippen MR) is 94.2 cm³/mol. The summed E-state index contributed by atoms with van der Waals surface area (Å²) < 4.78 is 0. The number of hydrogen-bond donors (Lipinski definition) is 2. The number of hydrogen-bond acceptors (Lipinski definition) is 4. The fourth-order valence-corrected chi connectivity index (χ4v) is 2.09. The number of aliphatic hydroxyl groups is 1. The molecule has 1 fully saturated rings. The van der Waals surface area contributed by atoms with E-state index in [4.69, 9.17) is 16.7 Å². The lowest BCUT2D eigenvalue weighted by Crippen LogP contribution is -2.16. The highest BCUT2D eigenvalue weighted by Gasteiger charge is 2.16. The van der Waals surface area contributed by atoms with E-state index in [1.54, 1.807) is 6.20 Å². The van der Waals surface area contributed by atoms with Crippen LogP contribution in [0.2, 0.25) is 5.28 Å². The molecular weight excluding hydrogens is 298 g/mol. The summed E-state index contributed by atoms with van der Waals surface area (Å²) in [6.45, 7) is 8.07. The monoisotopic (exact) mass is 325 g/mol. The third kappa shape index (κ3) is 8.21. The highest BCUT2D eigenvalue weighted by molar-refractivity contribution is 6.28. The molecule has 124 valence electrons. The van der Waals surface area contributed by atoms with Gasteiger partial charge in [-0.3, -0.25) is 0 Å². The van der Waals surface area contributed by atoms with E-state index in [0.29, 0.717) is 17.4 Å². The van der Waals surface area contributed by atoms with E-state index >= 15 is 0 Å². The van der Waals surface area contributed by atoms with E-state index in [2.05, 4.69) is 41.0 Å². The van der Waals surface area contributed by atoms with Crippen LogP contribution in [0.25, 0.3) is 0 Å². The van der Waals surface area contributed by atoms with Gasteiger partial charge in [0.1, 0.15) is 12.4 Å². The largest absolute Gasteiger partial charge is 0.384 e. The van der Waals surface area contributed by atoms with Gasteiger partial charge in [0.25, 0.3) is 0 Å². The third-order valence-corrected chi connectivity index (χ3v) is 2.94. The SMILES string of the molecule is CC.CCC.OCC#Cc1cnc(Cl)nc1NC1CCCC1. The Labute approximate surface area is 139 Å². The zero-order valence-electron chi connectivity index (χ0n) is 14.1. The summed E-state index contributed by atoms with van der Waals surface area (Å²) in [5.74, 6) is 6.07. The van der Waals surface area contributed by atoms with Gasteiger partial charge in [-0.05, 0) is 24.4 Å². The average molecular weight is 326 g/mol. The number of aliphatic hydroxyl groups excluding tert-OH is 1. The quantitative estimate of drug-likeness (QED) is 0.629. The first kappa shape index (κ1) is 20.7. The molecule has 0 atom stereocenters. The number of nitrogens with one attached hydrogen (secondary N) is 1. The van der Waals surface area contributed by atoms with Crippen LogP contribution in [0.15, 0.2) is 6.20 Å². The first-order chi connectivity index (χ1) is 10.7. The van der Waals surface area contributed by atoms with Crippen LogP contribution >= 0.6 is 11.6 Å². The highest BCUT2D eigenvalue weighted by Crippen LogP contribution is 2.23. The van der Waals surface area contributed by atoms with Crippen LogP contribution in [-0.4, -0.2) is 27.7 Å². The van der Waals surface area contributed by atoms with Gasteiger partial charge in [0.05, 0.1) is 5.56 Å². The standard InChI is InChI=1S/C12H14ClN3O.C3H8.C2H6/c13-12-14-8-9(4-3-7-17)11(16-12)15-10-5-1-2-6-10;1-3-2;1-2/h8,10,17H,1-2,5-7H2,(H,14,15,16);3H2,1-2H3;1-2H3.